The first kappa shape index (κ1) is 11.1. The Hall–Kier alpha value is -1.42. The maximum atomic E-state index is 10.5. The van der Waals surface area contributed by atoms with Crippen molar-refractivity contribution >= 4 is 5.69 Å². The minimum Gasteiger partial charge on any atom is -0.330 e. The number of nitrogens with two attached hydrogens (primary N) is 1. The van der Waals surface area contributed by atoms with Gasteiger partial charge in [-0.25, -0.2) is 0 Å². The van der Waals surface area contributed by atoms with Gasteiger partial charge in [0.15, 0.2) is 0 Å². The summed E-state index contributed by atoms with van der Waals surface area (Å²) in [5, 5.41) is 10.5. The van der Waals surface area contributed by atoms with Crippen LogP contribution in [0.2, 0.25) is 0 Å². The topological polar surface area (TPSA) is 69.2 Å². The molecule has 2 atom stereocenters. The van der Waals surface area contributed by atoms with E-state index in [1.807, 2.05) is 12.1 Å². The van der Waals surface area contributed by atoms with Crippen LogP contribution in [0, 0.1) is 21.4 Å². The molecule has 0 bridgehead atoms. The average molecular weight is 220 g/mol. The van der Waals surface area contributed by atoms with Crippen LogP contribution >= 0.6 is 0 Å². The highest BCUT2D eigenvalue weighted by atomic mass is 16.6. The number of rotatable bonds is 3. The van der Waals surface area contributed by atoms with E-state index in [0.29, 0.717) is 18.4 Å². The smallest absolute Gasteiger partial charge is 0.269 e. The first-order chi connectivity index (χ1) is 7.48. The van der Waals surface area contributed by atoms with Gasteiger partial charge >= 0.3 is 0 Å². The highest BCUT2D eigenvalue weighted by molar-refractivity contribution is 5.39. The standard InChI is InChI=1S/C12H16N2O2/c1-12(2)10(7-13)11(12)8-3-5-9(6-4-8)14(15)16/h3-6,10-11H,7,13H2,1-2H3/t10-,11-/m0/s1. The number of nitro groups is 1. The number of hydrogen-bond acceptors (Lipinski definition) is 3. The van der Waals surface area contributed by atoms with Gasteiger partial charge in [-0.3, -0.25) is 10.1 Å². The van der Waals surface area contributed by atoms with Crippen LogP contribution in [0.3, 0.4) is 0 Å². The van der Waals surface area contributed by atoms with Crippen molar-refractivity contribution in [2.75, 3.05) is 6.54 Å². The van der Waals surface area contributed by atoms with Crippen LogP contribution in [-0.2, 0) is 0 Å². The number of nitro benzene ring substituents is 1. The summed E-state index contributed by atoms with van der Waals surface area (Å²) in [4.78, 5) is 10.2. The zero-order valence-corrected chi connectivity index (χ0v) is 9.51. The molecule has 16 heavy (non-hydrogen) atoms. The van der Waals surface area contributed by atoms with E-state index >= 15 is 0 Å². The van der Waals surface area contributed by atoms with E-state index < -0.39 is 0 Å². The molecule has 0 aliphatic heterocycles. The van der Waals surface area contributed by atoms with Crippen molar-refractivity contribution in [3.05, 3.63) is 39.9 Å². The summed E-state index contributed by atoms with van der Waals surface area (Å²) in [6, 6.07) is 6.83. The third kappa shape index (κ3) is 1.59. The van der Waals surface area contributed by atoms with Crippen LogP contribution in [0.4, 0.5) is 5.69 Å². The maximum absolute atomic E-state index is 10.5. The number of hydrogen-bond donors (Lipinski definition) is 1. The third-order valence-corrected chi connectivity index (χ3v) is 3.77. The zero-order chi connectivity index (χ0) is 11.9. The molecule has 1 aromatic carbocycles. The summed E-state index contributed by atoms with van der Waals surface area (Å²) < 4.78 is 0. The first-order valence-electron chi connectivity index (χ1n) is 5.43. The lowest BCUT2D eigenvalue weighted by Gasteiger charge is -2.02. The fourth-order valence-electron chi connectivity index (χ4n) is 2.65. The monoisotopic (exact) mass is 220 g/mol. The van der Waals surface area contributed by atoms with Gasteiger partial charge < -0.3 is 5.73 Å². The molecule has 0 radical (unpaired) electrons. The molecule has 0 spiro atoms. The first-order valence-corrected chi connectivity index (χ1v) is 5.43. The van der Waals surface area contributed by atoms with Crippen LogP contribution in [0.25, 0.3) is 0 Å². The molecule has 1 aromatic rings. The normalized spacial score (nSPS) is 26.4. The molecular weight excluding hydrogens is 204 g/mol. The van der Waals surface area contributed by atoms with E-state index in [0.717, 1.165) is 5.56 Å². The van der Waals surface area contributed by atoms with Gasteiger partial charge in [-0.05, 0) is 29.4 Å². The molecule has 4 heteroatoms. The molecule has 2 N–H and O–H groups in total. The van der Waals surface area contributed by atoms with E-state index in [4.69, 9.17) is 5.73 Å². The van der Waals surface area contributed by atoms with Crippen molar-refractivity contribution in [2.45, 2.75) is 19.8 Å². The Morgan fingerprint density at radius 2 is 1.94 bits per heavy atom. The van der Waals surface area contributed by atoms with Crippen molar-refractivity contribution in [1.82, 2.24) is 0 Å². The van der Waals surface area contributed by atoms with Gasteiger partial charge in [-0.1, -0.05) is 26.0 Å². The Morgan fingerprint density at radius 3 is 2.31 bits per heavy atom. The van der Waals surface area contributed by atoms with Crippen molar-refractivity contribution < 1.29 is 4.92 Å². The summed E-state index contributed by atoms with van der Waals surface area (Å²) >= 11 is 0. The summed E-state index contributed by atoms with van der Waals surface area (Å²) in [6.45, 7) is 5.06. The van der Waals surface area contributed by atoms with E-state index in [2.05, 4.69) is 13.8 Å². The van der Waals surface area contributed by atoms with Gasteiger partial charge in [0.05, 0.1) is 4.92 Å². The van der Waals surface area contributed by atoms with E-state index in [1.165, 1.54) is 0 Å². The second kappa shape index (κ2) is 3.56. The molecule has 0 aromatic heterocycles. The highest BCUT2D eigenvalue weighted by Crippen LogP contribution is 2.63. The van der Waals surface area contributed by atoms with Crippen LogP contribution in [-0.4, -0.2) is 11.5 Å². The lowest BCUT2D eigenvalue weighted by Crippen LogP contribution is -2.05. The van der Waals surface area contributed by atoms with Gasteiger partial charge in [-0.2, -0.15) is 0 Å². The molecule has 1 aliphatic rings. The largest absolute Gasteiger partial charge is 0.330 e. The van der Waals surface area contributed by atoms with Crippen LogP contribution in [0.1, 0.15) is 25.3 Å². The number of nitrogens with zero attached hydrogens (tertiary/aromatic N) is 1. The van der Waals surface area contributed by atoms with Crippen molar-refractivity contribution in [1.29, 1.82) is 0 Å². The molecule has 1 aliphatic carbocycles. The third-order valence-electron chi connectivity index (χ3n) is 3.77. The van der Waals surface area contributed by atoms with Crippen LogP contribution in [0.5, 0.6) is 0 Å². The predicted octanol–water partition coefficient (Wildman–Crippen LogP) is 2.29. The molecule has 4 nitrogen and oxygen atoms in total. The van der Waals surface area contributed by atoms with Crippen LogP contribution in [0.15, 0.2) is 24.3 Å². The second-order valence-corrected chi connectivity index (χ2v) is 4.99. The SMILES string of the molecule is CC1(C)[C@@H](CN)[C@@H]1c1ccc([N+](=O)[O-])cc1. The lowest BCUT2D eigenvalue weighted by atomic mass is 10.0. The summed E-state index contributed by atoms with van der Waals surface area (Å²) in [5.41, 5.74) is 7.24. The molecule has 1 saturated carbocycles. The molecule has 0 unspecified atom stereocenters. The Bertz CT molecular complexity index is 412. The van der Waals surface area contributed by atoms with Crippen molar-refractivity contribution in [2.24, 2.45) is 17.1 Å². The molecule has 0 heterocycles. The second-order valence-electron chi connectivity index (χ2n) is 4.99. The summed E-state index contributed by atoms with van der Waals surface area (Å²) in [7, 11) is 0. The van der Waals surface area contributed by atoms with Gasteiger partial charge in [0, 0.05) is 12.1 Å². The average Bonchev–Trinajstić information content (AvgIpc) is 2.80. The van der Waals surface area contributed by atoms with E-state index in [9.17, 15) is 10.1 Å². The van der Waals surface area contributed by atoms with Gasteiger partial charge in [-0.15, -0.1) is 0 Å². The number of non-ortho nitro benzene ring substituents is 1. The lowest BCUT2D eigenvalue weighted by molar-refractivity contribution is -0.384. The predicted molar refractivity (Wildman–Crippen MR) is 62.2 cm³/mol. The summed E-state index contributed by atoms with van der Waals surface area (Å²) in [6.07, 6.45) is 0. The Kier molecular flexibility index (Phi) is 2.46. The number of benzene rings is 1. The Labute approximate surface area is 94.6 Å². The van der Waals surface area contributed by atoms with Crippen molar-refractivity contribution in [3.8, 4) is 0 Å². The van der Waals surface area contributed by atoms with Crippen molar-refractivity contribution in [3.63, 3.8) is 0 Å². The van der Waals surface area contributed by atoms with Gasteiger partial charge in [0.25, 0.3) is 5.69 Å². The minimum absolute atomic E-state index is 0.145. The molecule has 2 rings (SSSR count). The Balaban J connectivity index is 2.21. The molecular formula is C12H16N2O2. The van der Waals surface area contributed by atoms with Crippen LogP contribution < -0.4 is 5.73 Å². The summed E-state index contributed by atoms with van der Waals surface area (Å²) in [5.74, 6) is 0.937. The molecule has 0 saturated heterocycles. The highest BCUT2D eigenvalue weighted by Gasteiger charge is 2.57. The molecule has 0 amide bonds. The minimum atomic E-state index is -0.373. The van der Waals surface area contributed by atoms with Gasteiger partial charge in [0.2, 0.25) is 0 Å². The van der Waals surface area contributed by atoms with Gasteiger partial charge in [0.1, 0.15) is 0 Å². The van der Waals surface area contributed by atoms with E-state index in [-0.39, 0.29) is 16.0 Å². The fourth-order valence-corrected chi connectivity index (χ4v) is 2.65. The quantitative estimate of drug-likeness (QED) is 0.627. The maximum Gasteiger partial charge on any atom is 0.269 e. The van der Waals surface area contributed by atoms with E-state index in [1.54, 1.807) is 12.1 Å². The molecule has 86 valence electrons. The zero-order valence-electron chi connectivity index (χ0n) is 9.51. The Morgan fingerprint density at radius 1 is 1.38 bits per heavy atom. The fraction of sp³-hybridized carbons (Fsp3) is 0.500. The molecule has 1 fully saturated rings.